The molecule has 1 aliphatic rings. The second kappa shape index (κ2) is 3.25. The topological polar surface area (TPSA) is 52.6 Å². The number of rotatable bonds is 2. The fourth-order valence-electron chi connectivity index (χ4n) is 1.79. The van der Waals surface area contributed by atoms with Gasteiger partial charge in [-0.2, -0.15) is 0 Å². The quantitative estimate of drug-likeness (QED) is 0.536. The molecule has 0 saturated carbocycles. The smallest absolute Gasteiger partial charge is 0.299 e. The highest BCUT2D eigenvalue weighted by Crippen LogP contribution is 2.32. The molecule has 1 aliphatic carbocycles. The molecule has 1 aromatic rings. The molecule has 0 fully saturated rings. The second-order valence-electron chi connectivity index (χ2n) is 3.23. The molecule has 0 spiro atoms. The van der Waals surface area contributed by atoms with Gasteiger partial charge >= 0.3 is 0 Å². The van der Waals surface area contributed by atoms with Crippen molar-refractivity contribution >= 4 is 11.6 Å². The molecular weight excluding hydrogens is 196 g/mol. The van der Waals surface area contributed by atoms with Crippen LogP contribution in [-0.2, 0) is 9.47 Å². The van der Waals surface area contributed by atoms with Crippen LogP contribution in [0.1, 0.15) is 20.7 Å². The summed E-state index contributed by atoms with van der Waals surface area (Å²) < 4.78 is 9.87. The molecule has 0 N–H and O–H groups in total. The average Bonchev–Trinajstić information content (AvgIpc) is 2.51. The highest BCUT2D eigenvalue weighted by molar-refractivity contribution is 6.31. The number of ketones is 2. The van der Waals surface area contributed by atoms with Gasteiger partial charge in [-0.3, -0.25) is 9.59 Å². The number of ether oxygens (including phenoxy) is 2. The fourth-order valence-corrected chi connectivity index (χ4v) is 1.79. The van der Waals surface area contributed by atoms with Gasteiger partial charge in [0.15, 0.2) is 0 Å². The molecule has 78 valence electrons. The zero-order valence-electron chi connectivity index (χ0n) is 8.44. The maximum atomic E-state index is 11.9. The van der Waals surface area contributed by atoms with E-state index >= 15 is 0 Å². The molecule has 0 atom stereocenters. The zero-order valence-corrected chi connectivity index (χ0v) is 8.44. The van der Waals surface area contributed by atoms with E-state index in [0.29, 0.717) is 11.1 Å². The molecular formula is C11H10O4. The third-order valence-electron chi connectivity index (χ3n) is 2.59. The molecule has 2 rings (SSSR count). The molecule has 0 aromatic heterocycles. The molecule has 1 aromatic carbocycles. The number of carbonyl (C=O) groups is 2. The van der Waals surface area contributed by atoms with Gasteiger partial charge in [0.2, 0.25) is 11.6 Å². The maximum Gasteiger partial charge on any atom is 0.299 e. The minimum Gasteiger partial charge on any atom is -0.341 e. The van der Waals surface area contributed by atoms with E-state index in [1.165, 1.54) is 14.2 Å². The number of carbonyl (C=O) groups excluding carboxylic acids is 2. The van der Waals surface area contributed by atoms with Gasteiger partial charge in [-0.05, 0) is 0 Å². The number of hydrogen-bond donors (Lipinski definition) is 0. The van der Waals surface area contributed by atoms with Crippen LogP contribution in [0.3, 0.4) is 0 Å². The maximum absolute atomic E-state index is 11.9. The molecule has 0 unspecified atom stereocenters. The van der Waals surface area contributed by atoms with Gasteiger partial charge < -0.3 is 9.47 Å². The first-order valence-electron chi connectivity index (χ1n) is 4.46. The molecule has 0 radical (unpaired) electrons. The first-order valence-corrected chi connectivity index (χ1v) is 4.46. The largest absolute Gasteiger partial charge is 0.341 e. The van der Waals surface area contributed by atoms with E-state index in [1.54, 1.807) is 24.3 Å². The summed E-state index contributed by atoms with van der Waals surface area (Å²) in [6.07, 6.45) is 0. The Morgan fingerprint density at radius 1 is 0.933 bits per heavy atom. The van der Waals surface area contributed by atoms with Gasteiger partial charge in [-0.15, -0.1) is 0 Å². The van der Waals surface area contributed by atoms with E-state index in [4.69, 9.17) is 9.47 Å². The van der Waals surface area contributed by atoms with Crippen molar-refractivity contribution in [2.45, 2.75) is 5.79 Å². The number of methoxy groups -OCH3 is 2. The van der Waals surface area contributed by atoms with Crippen molar-refractivity contribution in [2.24, 2.45) is 0 Å². The van der Waals surface area contributed by atoms with Crippen molar-refractivity contribution < 1.29 is 19.1 Å². The Labute approximate surface area is 86.8 Å². The van der Waals surface area contributed by atoms with Crippen LogP contribution in [0.4, 0.5) is 0 Å². The zero-order chi connectivity index (χ0) is 11.1. The standard InChI is InChI=1S/C11H10O4/c1-14-11(15-2)9(12)7-5-3-4-6-8(7)10(11)13/h3-6H,1-2H3. The Kier molecular flexibility index (Phi) is 2.17. The number of hydrogen-bond acceptors (Lipinski definition) is 4. The van der Waals surface area contributed by atoms with E-state index < -0.39 is 17.4 Å². The molecule has 0 saturated heterocycles. The summed E-state index contributed by atoms with van der Waals surface area (Å²) >= 11 is 0. The van der Waals surface area contributed by atoms with Gasteiger partial charge in [-0.1, -0.05) is 24.3 Å². The van der Waals surface area contributed by atoms with E-state index in [9.17, 15) is 9.59 Å². The summed E-state index contributed by atoms with van der Waals surface area (Å²) in [7, 11) is 2.57. The van der Waals surface area contributed by atoms with Crippen LogP contribution in [0.15, 0.2) is 24.3 Å². The second-order valence-corrected chi connectivity index (χ2v) is 3.23. The summed E-state index contributed by atoms with van der Waals surface area (Å²) in [5.74, 6) is -2.65. The average molecular weight is 206 g/mol. The highest BCUT2D eigenvalue weighted by atomic mass is 16.7. The normalized spacial score (nSPS) is 18.0. The summed E-state index contributed by atoms with van der Waals surface area (Å²) in [5, 5.41) is 0. The molecule has 0 bridgehead atoms. The van der Waals surface area contributed by atoms with Gasteiger partial charge in [0, 0.05) is 25.3 Å². The first kappa shape index (κ1) is 10.0. The van der Waals surface area contributed by atoms with Crippen LogP contribution in [-0.4, -0.2) is 31.6 Å². The molecule has 0 aliphatic heterocycles. The van der Waals surface area contributed by atoms with Gasteiger partial charge in [0.1, 0.15) is 0 Å². The summed E-state index contributed by atoms with van der Waals surface area (Å²) in [6.45, 7) is 0. The summed E-state index contributed by atoms with van der Waals surface area (Å²) in [4.78, 5) is 23.8. The van der Waals surface area contributed by atoms with Crippen molar-refractivity contribution in [3.63, 3.8) is 0 Å². The highest BCUT2D eigenvalue weighted by Gasteiger charge is 2.54. The lowest BCUT2D eigenvalue weighted by molar-refractivity contribution is -0.133. The monoisotopic (exact) mass is 206 g/mol. The fraction of sp³-hybridized carbons (Fsp3) is 0.273. The minimum absolute atomic E-state index is 0.353. The predicted molar refractivity (Wildman–Crippen MR) is 51.9 cm³/mol. The van der Waals surface area contributed by atoms with Crippen molar-refractivity contribution in [1.82, 2.24) is 0 Å². The minimum atomic E-state index is -1.77. The van der Waals surface area contributed by atoms with Crippen LogP contribution in [0.5, 0.6) is 0 Å². The Balaban J connectivity index is 2.63. The Morgan fingerprint density at radius 2 is 1.33 bits per heavy atom. The Hall–Kier alpha value is -1.52. The van der Waals surface area contributed by atoms with Crippen molar-refractivity contribution in [3.8, 4) is 0 Å². The Bertz CT molecular complexity index is 395. The lowest BCUT2D eigenvalue weighted by Crippen LogP contribution is -2.45. The molecule has 4 heteroatoms. The van der Waals surface area contributed by atoms with E-state index in [-0.39, 0.29) is 0 Å². The van der Waals surface area contributed by atoms with Gasteiger partial charge in [0.05, 0.1) is 0 Å². The van der Waals surface area contributed by atoms with Crippen LogP contribution >= 0.6 is 0 Å². The van der Waals surface area contributed by atoms with E-state index in [1.807, 2.05) is 0 Å². The predicted octanol–water partition coefficient (Wildman–Crippen LogP) is 1.05. The van der Waals surface area contributed by atoms with Gasteiger partial charge in [-0.25, -0.2) is 0 Å². The molecule has 0 heterocycles. The number of benzene rings is 1. The molecule has 0 amide bonds. The first-order chi connectivity index (χ1) is 7.17. The van der Waals surface area contributed by atoms with Crippen molar-refractivity contribution in [1.29, 1.82) is 0 Å². The third kappa shape index (κ3) is 1.09. The number of Topliss-reactive ketones (excluding diaryl/α,β-unsaturated/α-hetero) is 2. The molecule has 4 nitrogen and oxygen atoms in total. The van der Waals surface area contributed by atoms with Gasteiger partial charge in [0.25, 0.3) is 5.79 Å². The number of fused-ring (bicyclic) bond motifs is 1. The summed E-state index contributed by atoms with van der Waals surface area (Å²) in [5.41, 5.74) is 0.706. The SMILES string of the molecule is COC1(OC)C(=O)c2ccccc2C1=O. The lowest BCUT2D eigenvalue weighted by atomic mass is 10.1. The van der Waals surface area contributed by atoms with E-state index in [0.717, 1.165) is 0 Å². The van der Waals surface area contributed by atoms with Crippen LogP contribution in [0, 0.1) is 0 Å². The van der Waals surface area contributed by atoms with Crippen molar-refractivity contribution in [3.05, 3.63) is 35.4 Å². The Morgan fingerprint density at radius 3 is 1.67 bits per heavy atom. The molecule has 15 heavy (non-hydrogen) atoms. The third-order valence-corrected chi connectivity index (χ3v) is 2.59. The van der Waals surface area contributed by atoms with Crippen LogP contribution in [0.2, 0.25) is 0 Å². The van der Waals surface area contributed by atoms with Crippen LogP contribution < -0.4 is 0 Å². The lowest BCUT2D eigenvalue weighted by Gasteiger charge is -2.21. The van der Waals surface area contributed by atoms with E-state index in [2.05, 4.69) is 0 Å². The van der Waals surface area contributed by atoms with Crippen LogP contribution in [0.25, 0.3) is 0 Å². The van der Waals surface area contributed by atoms with Crippen molar-refractivity contribution in [2.75, 3.05) is 14.2 Å². The summed E-state index contributed by atoms with van der Waals surface area (Å²) in [6, 6.07) is 6.58.